The highest BCUT2D eigenvalue weighted by Crippen LogP contribution is 2.41. The molecular formula is C20H16Cl5N3O6. The van der Waals surface area contributed by atoms with Crippen molar-refractivity contribution in [2.45, 2.75) is 18.4 Å². The number of ether oxygens (including phenoxy) is 3. The molecule has 0 saturated carbocycles. The average Bonchev–Trinajstić information content (AvgIpc) is 3.40. The predicted molar refractivity (Wildman–Crippen MR) is 127 cm³/mol. The number of halogens is 5. The van der Waals surface area contributed by atoms with E-state index in [9.17, 15) is 0 Å². The molecule has 182 valence electrons. The lowest BCUT2D eigenvalue weighted by molar-refractivity contribution is -0.742. The molecule has 2 atom stereocenters. The van der Waals surface area contributed by atoms with Crippen LogP contribution in [0.1, 0.15) is 5.56 Å². The lowest BCUT2D eigenvalue weighted by Crippen LogP contribution is -2.34. The van der Waals surface area contributed by atoms with Crippen LogP contribution in [-0.4, -0.2) is 39.2 Å². The summed E-state index contributed by atoms with van der Waals surface area (Å²) in [4.78, 5) is 12.4. The van der Waals surface area contributed by atoms with Crippen molar-refractivity contribution in [1.29, 1.82) is 0 Å². The number of imidazole rings is 1. The van der Waals surface area contributed by atoms with Crippen LogP contribution in [0.2, 0.25) is 25.1 Å². The van der Waals surface area contributed by atoms with Gasteiger partial charge in [0, 0.05) is 35.1 Å². The van der Waals surface area contributed by atoms with Crippen molar-refractivity contribution in [3.05, 3.63) is 89.8 Å². The van der Waals surface area contributed by atoms with Crippen LogP contribution in [0, 0.1) is 10.1 Å². The van der Waals surface area contributed by atoms with Gasteiger partial charge < -0.3 is 24.0 Å². The molecule has 2 aromatic carbocycles. The Balaban J connectivity index is 0.000000751. The van der Waals surface area contributed by atoms with Crippen molar-refractivity contribution < 1.29 is 24.5 Å². The van der Waals surface area contributed by atoms with E-state index in [0.29, 0.717) is 44.6 Å². The number of hydrogen-bond acceptors (Lipinski definition) is 6. The van der Waals surface area contributed by atoms with E-state index in [2.05, 4.69) is 4.98 Å². The Kier molecular flexibility index (Phi) is 9.11. The molecule has 0 unspecified atom stereocenters. The summed E-state index contributed by atoms with van der Waals surface area (Å²) in [5.74, 6) is -0.638. The Morgan fingerprint density at radius 1 is 1.18 bits per heavy atom. The van der Waals surface area contributed by atoms with E-state index < -0.39 is 10.9 Å². The smallest absolute Gasteiger partial charge is 0.291 e. The first-order chi connectivity index (χ1) is 16.1. The Bertz CT molecular complexity index is 1120. The lowest BCUT2D eigenvalue weighted by Gasteiger charge is -2.30. The van der Waals surface area contributed by atoms with Crippen molar-refractivity contribution in [3.8, 4) is 5.75 Å². The number of hydrogen-bond donors (Lipinski definition) is 1. The molecule has 0 amide bonds. The summed E-state index contributed by atoms with van der Waals surface area (Å²) in [6, 6.07) is 8.39. The van der Waals surface area contributed by atoms with E-state index in [1.807, 2.05) is 10.8 Å². The maximum absolute atomic E-state index is 8.36. The van der Waals surface area contributed by atoms with E-state index in [4.69, 9.17) is 87.5 Å². The fraction of sp³-hybridized carbons (Fsp3) is 0.250. The Hall–Kier alpha value is -1.98. The standard InChI is InChI=1S/C20H15Cl5N2O3.HNO3/c21-12-1-2-15(16(22)5-12)20(10-27-4-3-26-11-27)29-9-14(30-20)8-28-13-6-17(23)19(25)18(24)7-13;2-1(3)4/h1-7,11,14H,8-10H2;(H,2,3,4)/t14-,20-;/m1./s1. The highest BCUT2D eigenvalue weighted by Gasteiger charge is 2.45. The van der Waals surface area contributed by atoms with Crippen LogP contribution in [-0.2, 0) is 21.8 Å². The molecule has 1 N–H and O–H groups in total. The second kappa shape index (κ2) is 11.6. The second-order valence-corrected chi connectivity index (χ2v) is 8.95. The van der Waals surface area contributed by atoms with E-state index in [-0.39, 0.29) is 17.7 Å². The van der Waals surface area contributed by atoms with Crippen LogP contribution in [0.5, 0.6) is 5.75 Å². The molecule has 3 aromatic rings. The van der Waals surface area contributed by atoms with Gasteiger partial charge in [-0.3, -0.25) is 0 Å². The predicted octanol–water partition coefficient (Wildman–Crippen LogP) is 6.15. The van der Waals surface area contributed by atoms with Gasteiger partial charge in [0.15, 0.2) is 0 Å². The molecule has 1 saturated heterocycles. The maximum atomic E-state index is 8.36. The first-order valence-electron chi connectivity index (χ1n) is 9.43. The van der Waals surface area contributed by atoms with E-state index in [1.54, 1.807) is 42.9 Å². The molecule has 4 rings (SSSR count). The van der Waals surface area contributed by atoms with Crippen LogP contribution < -0.4 is 4.74 Å². The largest absolute Gasteiger partial charge is 0.491 e. The molecule has 34 heavy (non-hydrogen) atoms. The molecule has 1 aliphatic heterocycles. The summed E-state index contributed by atoms with van der Waals surface area (Å²) in [7, 11) is 0. The molecule has 1 aromatic heterocycles. The van der Waals surface area contributed by atoms with Crippen LogP contribution in [0.4, 0.5) is 0 Å². The van der Waals surface area contributed by atoms with Gasteiger partial charge in [0.05, 0.1) is 39.6 Å². The summed E-state index contributed by atoms with van der Waals surface area (Å²) >= 11 is 30.6. The van der Waals surface area contributed by atoms with Gasteiger partial charge in [-0.2, -0.15) is 0 Å². The van der Waals surface area contributed by atoms with Gasteiger partial charge in [0.2, 0.25) is 5.79 Å². The minimum atomic E-state index is -1.50. The van der Waals surface area contributed by atoms with E-state index in [1.165, 1.54) is 0 Å². The molecule has 1 fully saturated rings. The number of benzene rings is 2. The quantitative estimate of drug-likeness (QED) is 0.215. The minimum Gasteiger partial charge on any atom is -0.491 e. The van der Waals surface area contributed by atoms with Crippen molar-refractivity contribution in [2.75, 3.05) is 13.2 Å². The van der Waals surface area contributed by atoms with Gasteiger partial charge in [-0.25, -0.2) is 4.98 Å². The van der Waals surface area contributed by atoms with Gasteiger partial charge in [0.25, 0.3) is 5.09 Å². The van der Waals surface area contributed by atoms with Crippen LogP contribution in [0.25, 0.3) is 0 Å². The minimum absolute atomic E-state index is 0.213. The molecule has 0 bridgehead atoms. The second-order valence-electron chi connectivity index (χ2n) is 6.91. The fourth-order valence-electron chi connectivity index (χ4n) is 3.18. The average molecular weight is 572 g/mol. The normalized spacial score (nSPS) is 19.4. The molecule has 9 nitrogen and oxygen atoms in total. The zero-order valence-corrected chi connectivity index (χ0v) is 20.8. The van der Waals surface area contributed by atoms with Crippen molar-refractivity contribution >= 4 is 58.0 Å². The van der Waals surface area contributed by atoms with Crippen molar-refractivity contribution in [1.82, 2.24) is 9.55 Å². The molecule has 2 heterocycles. The summed E-state index contributed by atoms with van der Waals surface area (Å²) in [6.45, 7) is 0.858. The number of aromatic nitrogens is 2. The summed E-state index contributed by atoms with van der Waals surface area (Å²) in [5.41, 5.74) is 0.669. The summed E-state index contributed by atoms with van der Waals surface area (Å²) < 4.78 is 20.1. The molecular weight excluding hydrogens is 556 g/mol. The first-order valence-corrected chi connectivity index (χ1v) is 11.3. The van der Waals surface area contributed by atoms with Crippen LogP contribution in [0.3, 0.4) is 0 Å². The monoisotopic (exact) mass is 569 g/mol. The van der Waals surface area contributed by atoms with Crippen LogP contribution in [0.15, 0.2) is 49.1 Å². The highest BCUT2D eigenvalue weighted by atomic mass is 35.5. The molecule has 1 aliphatic rings. The summed E-state index contributed by atoms with van der Waals surface area (Å²) in [5, 5.41) is 15.5. The third-order valence-electron chi connectivity index (χ3n) is 4.54. The Morgan fingerprint density at radius 2 is 1.85 bits per heavy atom. The highest BCUT2D eigenvalue weighted by molar-refractivity contribution is 6.48. The topological polar surface area (TPSA) is 109 Å². The Morgan fingerprint density at radius 3 is 2.44 bits per heavy atom. The first kappa shape index (κ1) is 26.6. The maximum Gasteiger partial charge on any atom is 0.291 e. The molecule has 0 radical (unpaired) electrons. The van der Waals surface area contributed by atoms with Gasteiger partial charge in [0.1, 0.15) is 18.5 Å². The van der Waals surface area contributed by atoms with Crippen molar-refractivity contribution in [2.24, 2.45) is 0 Å². The third-order valence-corrected chi connectivity index (χ3v) is 6.29. The fourth-order valence-corrected chi connectivity index (χ4v) is 4.31. The molecule has 14 heteroatoms. The van der Waals surface area contributed by atoms with Crippen LogP contribution >= 0.6 is 58.0 Å². The third kappa shape index (κ3) is 6.79. The summed E-state index contributed by atoms with van der Waals surface area (Å²) in [6.07, 6.45) is 4.81. The molecule has 0 spiro atoms. The van der Waals surface area contributed by atoms with E-state index >= 15 is 0 Å². The number of nitrogens with zero attached hydrogens (tertiary/aromatic N) is 3. The SMILES string of the molecule is Clc1ccc([C@]2(Cn3ccnc3)OC[C@@H](COc3cc(Cl)c(Cl)c(Cl)c3)O2)c(Cl)c1.O=[N+]([O-])O. The lowest BCUT2D eigenvalue weighted by atomic mass is 10.1. The van der Waals surface area contributed by atoms with Gasteiger partial charge in [-0.15, -0.1) is 10.1 Å². The zero-order chi connectivity index (χ0) is 24.9. The van der Waals surface area contributed by atoms with E-state index in [0.717, 1.165) is 0 Å². The molecule has 0 aliphatic carbocycles. The zero-order valence-electron chi connectivity index (χ0n) is 17.0. The Labute approximate surface area is 218 Å². The van der Waals surface area contributed by atoms with Gasteiger partial charge >= 0.3 is 0 Å². The van der Waals surface area contributed by atoms with Crippen molar-refractivity contribution in [3.63, 3.8) is 0 Å². The van der Waals surface area contributed by atoms with Gasteiger partial charge in [-0.05, 0) is 12.1 Å². The van der Waals surface area contributed by atoms with Gasteiger partial charge in [-0.1, -0.05) is 64.1 Å². The number of rotatable bonds is 6.